The third-order valence-electron chi connectivity index (χ3n) is 2.43. The van der Waals surface area contributed by atoms with E-state index in [1.807, 2.05) is 0 Å². The van der Waals surface area contributed by atoms with Crippen molar-refractivity contribution >= 4 is 5.69 Å². The van der Waals surface area contributed by atoms with Crippen molar-refractivity contribution in [1.82, 2.24) is 0 Å². The Balaban J connectivity index is 2.38. The first-order chi connectivity index (χ1) is 6.59. The van der Waals surface area contributed by atoms with Crippen LogP contribution >= 0.6 is 0 Å². The number of nitrogens with two attached hydrogens (primary N) is 1. The summed E-state index contributed by atoms with van der Waals surface area (Å²) in [6.07, 6.45) is 0.706. The maximum atomic E-state index is 13.2. The molecule has 0 radical (unpaired) electrons. The van der Waals surface area contributed by atoms with Gasteiger partial charge in [-0.15, -0.1) is 0 Å². The molecule has 2 atom stereocenters. The molecule has 1 aliphatic carbocycles. The highest BCUT2D eigenvalue weighted by Crippen LogP contribution is 2.41. The van der Waals surface area contributed by atoms with E-state index in [1.165, 1.54) is 6.07 Å². The molecule has 0 aliphatic heterocycles. The minimum absolute atomic E-state index is 0.0464. The third-order valence-corrected chi connectivity index (χ3v) is 2.43. The molecule has 0 saturated heterocycles. The summed E-state index contributed by atoms with van der Waals surface area (Å²) in [7, 11) is 0. The SMILES string of the molecule is NC1CC1c1cc([N+](=O)[O-])ccc1F. The van der Waals surface area contributed by atoms with Crippen LogP contribution in [0.2, 0.25) is 0 Å². The van der Waals surface area contributed by atoms with Gasteiger partial charge in [-0.3, -0.25) is 10.1 Å². The zero-order valence-corrected chi connectivity index (χ0v) is 7.31. The number of non-ortho nitro benzene ring substituents is 1. The normalized spacial score (nSPS) is 24.7. The zero-order chi connectivity index (χ0) is 10.3. The maximum absolute atomic E-state index is 13.2. The first-order valence-electron chi connectivity index (χ1n) is 4.29. The standard InChI is InChI=1S/C9H9FN2O2/c10-8-2-1-5(12(13)14)3-6(8)7-4-9(7)11/h1-3,7,9H,4,11H2. The number of rotatable bonds is 2. The second kappa shape index (κ2) is 3.02. The summed E-state index contributed by atoms with van der Waals surface area (Å²) in [6, 6.07) is 3.50. The van der Waals surface area contributed by atoms with Crippen LogP contribution in [-0.2, 0) is 0 Å². The van der Waals surface area contributed by atoms with Gasteiger partial charge in [-0.05, 0) is 18.1 Å². The van der Waals surface area contributed by atoms with E-state index in [1.54, 1.807) is 0 Å². The predicted molar refractivity (Wildman–Crippen MR) is 48.4 cm³/mol. The van der Waals surface area contributed by atoms with Crippen LogP contribution in [0.25, 0.3) is 0 Å². The van der Waals surface area contributed by atoms with Gasteiger partial charge >= 0.3 is 0 Å². The molecule has 1 aliphatic rings. The van der Waals surface area contributed by atoms with E-state index in [9.17, 15) is 14.5 Å². The summed E-state index contributed by atoms with van der Waals surface area (Å²) in [5, 5.41) is 10.4. The van der Waals surface area contributed by atoms with Gasteiger partial charge in [0.15, 0.2) is 0 Å². The number of benzene rings is 1. The lowest BCUT2D eigenvalue weighted by Gasteiger charge is -2.00. The van der Waals surface area contributed by atoms with Crippen molar-refractivity contribution in [2.75, 3.05) is 0 Å². The van der Waals surface area contributed by atoms with Gasteiger partial charge in [-0.2, -0.15) is 0 Å². The fourth-order valence-electron chi connectivity index (χ4n) is 1.50. The van der Waals surface area contributed by atoms with Crippen LogP contribution in [0, 0.1) is 15.9 Å². The van der Waals surface area contributed by atoms with Gasteiger partial charge in [-0.1, -0.05) is 0 Å². The Morgan fingerprint density at radius 1 is 1.57 bits per heavy atom. The van der Waals surface area contributed by atoms with Gasteiger partial charge in [0.05, 0.1) is 4.92 Å². The molecule has 1 aromatic rings. The summed E-state index contributed by atoms with van der Waals surface area (Å²) in [6.45, 7) is 0. The number of halogens is 1. The van der Waals surface area contributed by atoms with Gasteiger partial charge in [0.25, 0.3) is 5.69 Å². The molecule has 5 heteroatoms. The molecular formula is C9H9FN2O2. The molecule has 0 bridgehead atoms. The van der Waals surface area contributed by atoms with Crippen molar-refractivity contribution in [2.24, 2.45) is 5.73 Å². The van der Waals surface area contributed by atoms with Crippen molar-refractivity contribution in [3.8, 4) is 0 Å². The Hall–Kier alpha value is -1.49. The molecule has 2 rings (SSSR count). The molecule has 0 aromatic heterocycles. The first-order valence-corrected chi connectivity index (χ1v) is 4.29. The van der Waals surface area contributed by atoms with Crippen LogP contribution in [0.5, 0.6) is 0 Å². The average molecular weight is 196 g/mol. The number of nitro groups is 1. The molecule has 1 aromatic carbocycles. The van der Waals surface area contributed by atoms with E-state index < -0.39 is 10.7 Å². The molecule has 0 heterocycles. The topological polar surface area (TPSA) is 69.2 Å². The monoisotopic (exact) mass is 196 g/mol. The lowest BCUT2D eigenvalue weighted by Crippen LogP contribution is -2.02. The number of nitro benzene ring substituents is 1. The van der Waals surface area contributed by atoms with Crippen molar-refractivity contribution in [1.29, 1.82) is 0 Å². The molecule has 4 nitrogen and oxygen atoms in total. The average Bonchev–Trinajstić information content (AvgIpc) is 2.83. The summed E-state index contributed by atoms with van der Waals surface area (Å²) in [5.74, 6) is -0.455. The van der Waals surface area contributed by atoms with Crippen LogP contribution in [0.15, 0.2) is 18.2 Å². The van der Waals surface area contributed by atoms with Crippen LogP contribution in [-0.4, -0.2) is 11.0 Å². The molecule has 14 heavy (non-hydrogen) atoms. The zero-order valence-electron chi connectivity index (χ0n) is 7.31. The van der Waals surface area contributed by atoms with E-state index in [0.29, 0.717) is 12.0 Å². The van der Waals surface area contributed by atoms with Crippen LogP contribution in [0.1, 0.15) is 17.9 Å². The maximum Gasteiger partial charge on any atom is 0.269 e. The quantitative estimate of drug-likeness (QED) is 0.576. The van der Waals surface area contributed by atoms with Gasteiger partial charge < -0.3 is 5.73 Å². The second-order valence-corrected chi connectivity index (χ2v) is 3.47. The van der Waals surface area contributed by atoms with E-state index in [-0.39, 0.29) is 17.6 Å². The molecule has 1 saturated carbocycles. The van der Waals surface area contributed by atoms with Crippen LogP contribution < -0.4 is 5.73 Å². The van der Waals surface area contributed by atoms with Crippen molar-refractivity contribution in [3.63, 3.8) is 0 Å². The van der Waals surface area contributed by atoms with Gasteiger partial charge in [-0.25, -0.2) is 4.39 Å². The molecule has 0 amide bonds. The molecule has 0 spiro atoms. The Morgan fingerprint density at radius 2 is 2.21 bits per heavy atom. The van der Waals surface area contributed by atoms with E-state index in [4.69, 9.17) is 5.73 Å². The van der Waals surface area contributed by atoms with Gasteiger partial charge in [0.2, 0.25) is 0 Å². The number of nitrogens with zero attached hydrogens (tertiary/aromatic N) is 1. The summed E-state index contributed by atoms with van der Waals surface area (Å²) < 4.78 is 13.2. The van der Waals surface area contributed by atoms with Crippen molar-refractivity contribution in [2.45, 2.75) is 18.4 Å². The Labute approximate surface area is 79.7 Å². The summed E-state index contributed by atoms with van der Waals surface area (Å²) >= 11 is 0. The fraction of sp³-hybridized carbons (Fsp3) is 0.333. The number of hydrogen-bond donors (Lipinski definition) is 1. The fourth-order valence-corrected chi connectivity index (χ4v) is 1.50. The van der Waals surface area contributed by atoms with Crippen LogP contribution in [0.4, 0.5) is 10.1 Å². The minimum Gasteiger partial charge on any atom is -0.327 e. The first kappa shape index (κ1) is 9.08. The summed E-state index contributed by atoms with van der Waals surface area (Å²) in [5.41, 5.74) is 5.84. The van der Waals surface area contributed by atoms with E-state index >= 15 is 0 Å². The number of hydrogen-bond acceptors (Lipinski definition) is 3. The van der Waals surface area contributed by atoms with Crippen LogP contribution in [0.3, 0.4) is 0 Å². The third kappa shape index (κ3) is 1.46. The highest BCUT2D eigenvalue weighted by Gasteiger charge is 2.37. The summed E-state index contributed by atoms with van der Waals surface area (Å²) in [4.78, 5) is 9.91. The molecule has 2 N–H and O–H groups in total. The highest BCUT2D eigenvalue weighted by atomic mass is 19.1. The lowest BCUT2D eigenvalue weighted by molar-refractivity contribution is -0.385. The predicted octanol–water partition coefficient (Wildman–Crippen LogP) is 1.55. The van der Waals surface area contributed by atoms with E-state index in [0.717, 1.165) is 12.1 Å². The molecule has 1 fully saturated rings. The minimum atomic E-state index is -0.531. The molecule has 74 valence electrons. The molecular weight excluding hydrogens is 187 g/mol. The van der Waals surface area contributed by atoms with Crippen molar-refractivity contribution < 1.29 is 9.31 Å². The Bertz CT molecular complexity index is 394. The van der Waals surface area contributed by atoms with Crippen molar-refractivity contribution in [3.05, 3.63) is 39.7 Å². The van der Waals surface area contributed by atoms with Gasteiger partial charge in [0, 0.05) is 24.1 Å². The molecule has 2 unspecified atom stereocenters. The lowest BCUT2D eigenvalue weighted by atomic mass is 10.1. The largest absolute Gasteiger partial charge is 0.327 e. The van der Waals surface area contributed by atoms with Gasteiger partial charge in [0.1, 0.15) is 5.82 Å². The Morgan fingerprint density at radius 3 is 2.71 bits per heavy atom. The Kier molecular flexibility index (Phi) is 1.96. The second-order valence-electron chi connectivity index (χ2n) is 3.47. The van der Waals surface area contributed by atoms with E-state index in [2.05, 4.69) is 0 Å². The smallest absolute Gasteiger partial charge is 0.269 e. The highest BCUT2D eigenvalue weighted by molar-refractivity contribution is 5.40.